The van der Waals surface area contributed by atoms with Crippen molar-refractivity contribution in [3.63, 3.8) is 0 Å². The van der Waals surface area contributed by atoms with E-state index in [1.807, 2.05) is 24.3 Å². The van der Waals surface area contributed by atoms with Crippen molar-refractivity contribution in [1.29, 1.82) is 0 Å². The SMILES string of the molecule is COCc1c(/C=C/CN)ccc(OC)c1OC. The van der Waals surface area contributed by atoms with Crippen LogP contribution in [0.1, 0.15) is 11.1 Å². The smallest absolute Gasteiger partial charge is 0.166 e. The van der Waals surface area contributed by atoms with Crippen LogP contribution < -0.4 is 15.2 Å². The minimum Gasteiger partial charge on any atom is -0.493 e. The predicted molar refractivity (Wildman–Crippen MR) is 68.3 cm³/mol. The van der Waals surface area contributed by atoms with Crippen molar-refractivity contribution >= 4 is 6.08 Å². The minimum atomic E-state index is 0.463. The molecule has 0 saturated carbocycles. The molecule has 0 aromatic heterocycles. The second-order valence-electron chi connectivity index (χ2n) is 3.44. The van der Waals surface area contributed by atoms with E-state index in [1.54, 1.807) is 21.3 Å². The molecule has 0 spiro atoms. The van der Waals surface area contributed by atoms with E-state index < -0.39 is 0 Å². The van der Waals surface area contributed by atoms with E-state index in [-0.39, 0.29) is 0 Å². The zero-order valence-electron chi connectivity index (χ0n) is 10.5. The summed E-state index contributed by atoms with van der Waals surface area (Å²) in [5.41, 5.74) is 7.43. The average Bonchev–Trinajstić information content (AvgIpc) is 2.37. The summed E-state index contributed by atoms with van der Waals surface area (Å²) in [7, 11) is 4.88. The Morgan fingerprint density at radius 2 is 1.94 bits per heavy atom. The Morgan fingerprint density at radius 1 is 1.18 bits per heavy atom. The molecule has 0 aliphatic rings. The second-order valence-corrected chi connectivity index (χ2v) is 3.44. The molecule has 0 amide bonds. The molecule has 0 unspecified atom stereocenters. The van der Waals surface area contributed by atoms with Crippen LogP contribution in [0.3, 0.4) is 0 Å². The summed E-state index contributed by atoms with van der Waals surface area (Å²) in [5.74, 6) is 1.40. The zero-order chi connectivity index (χ0) is 12.7. The van der Waals surface area contributed by atoms with Crippen LogP contribution in [0.15, 0.2) is 18.2 Å². The van der Waals surface area contributed by atoms with Crippen molar-refractivity contribution in [3.8, 4) is 11.5 Å². The molecule has 4 nitrogen and oxygen atoms in total. The van der Waals surface area contributed by atoms with Crippen molar-refractivity contribution in [1.82, 2.24) is 0 Å². The molecule has 0 saturated heterocycles. The topological polar surface area (TPSA) is 53.7 Å². The maximum Gasteiger partial charge on any atom is 0.166 e. The molecule has 2 N–H and O–H groups in total. The first-order valence-corrected chi connectivity index (χ1v) is 5.37. The van der Waals surface area contributed by atoms with E-state index in [1.165, 1.54) is 0 Å². The normalized spacial score (nSPS) is 10.8. The maximum atomic E-state index is 5.45. The van der Waals surface area contributed by atoms with Gasteiger partial charge in [-0.1, -0.05) is 18.2 Å². The zero-order valence-corrected chi connectivity index (χ0v) is 10.5. The first-order chi connectivity index (χ1) is 8.28. The standard InChI is InChI=1S/C13H19NO3/c1-15-9-11-10(5-4-8-14)6-7-12(16-2)13(11)17-3/h4-7H,8-9,14H2,1-3H3/b5-4+. The van der Waals surface area contributed by atoms with Gasteiger partial charge in [0.1, 0.15) is 0 Å². The Balaban J connectivity index is 3.25. The summed E-state index contributed by atoms with van der Waals surface area (Å²) in [6, 6.07) is 3.83. The largest absolute Gasteiger partial charge is 0.493 e. The van der Waals surface area contributed by atoms with Crippen molar-refractivity contribution in [2.75, 3.05) is 27.9 Å². The summed E-state index contributed by atoms with van der Waals surface area (Å²) in [5, 5.41) is 0. The van der Waals surface area contributed by atoms with Gasteiger partial charge in [0.15, 0.2) is 11.5 Å². The van der Waals surface area contributed by atoms with E-state index in [4.69, 9.17) is 19.9 Å². The summed E-state index contributed by atoms with van der Waals surface area (Å²) in [6.45, 7) is 0.964. The molecule has 0 heterocycles. The van der Waals surface area contributed by atoms with Crippen LogP contribution >= 0.6 is 0 Å². The number of ether oxygens (including phenoxy) is 3. The van der Waals surface area contributed by atoms with Crippen LogP contribution in [0.2, 0.25) is 0 Å². The van der Waals surface area contributed by atoms with Gasteiger partial charge in [0, 0.05) is 19.2 Å². The van der Waals surface area contributed by atoms with Gasteiger partial charge in [0.25, 0.3) is 0 Å². The first kappa shape index (κ1) is 13.5. The molecule has 1 aromatic rings. The molecule has 0 aliphatic carbocycles. The van der Waals surface area contributed by atoms with Crippen molar-refractivity contribution < 1.29 is 14.2 Å². The van der Waals surface area contributed by atoms with Crippen LogP contribution in [0, 0.1) is 0 Å². The third-order valence-electron chi connectivity index (χ3n) is 2.41. The molecule has 17 heavy (non-hydrogen) atoms. The lowest BCUT2D eigenvalue weighted by atomic mass is 10.1. The number of nitrogens with two attached hydrogens (primary N) is 1. The van der Waals surface area contributed by atoms with Crippen LogP contribution in [0.25, 0.3) is 6.08 Å². The van der Waals surface area contributed by atoms with Crippen molar-refractivity contribution in [2.24, 2.45) is 5.73 Å². The van der Waals surface area contributed by atoms with Gasteiger partial charge >= 0.3 is 0 Å². The summed E-state index contributed by atoms with van der Waals surface area (Å²) in [6.07, 6.45) is 3.84. The number of benzene rings is 1. The second kappa shape index (κ2) is 6.93. The molecule has 0 fully saturated rings. The highest BCUT2D eigenvalue weighted by atomic mass is 16.5. The van der Waals surface area contributed by atoms with E-state index in [0.717, 1.165) is 11.1 Å². The van der Waals surface area contributed by atoms with Gasteiger partial charge in [-0.25, -0.2) is 0 Å². The Hall–Kier alpha value is -1.52. The quantitative estimate of drug-likeness (QED) is 0.820. The molecule has 0 atom stereocenters. The Bertz CT molecular complexity index is 388. The van der Waals surface area contributed by atoms with Gasteiger partial charge in [0.2, 0.25) is 0 Å². The van der Waals surface area contributed by atoms with E-state index in [2.05, 4.69) is 0 Å². The van der Waals surface area contributed by atoms with Gasteiger partial charge in [-0.3, -0.25) is 0 Å². The van der Waals surface area contributed by atoms with Crippen molar-refractivity contribution in [3.05, 3.63) is 29.3 Å². The maximum absolute atomic E-state index is 5.45. The first-order valence-electron chi connectivity index (χ1n) is 5.37. The Labute approximate surface area is 102 Å². The van der Waals surface area contributed by atoms with E-state index >= 15 is 0 Å². The van der Waals surface area contributed by atoms with E-state index in [0.29, 0.717) is 24.7 Å². The highest BCUT2D eigenvalue weighted by Crippen LogP contribution is 2.34. The lowest BCUT2D eigenvalue weighted by molar-refractivity contribution is 0.180. The Kier molecular flexibility index (Phi) is 5.52. The summed E-state index contributed by atoms with van der Waals surface area (Å²) < 4.78 is 15.8. The summed E-state index contributed by atoms with van der Waals surface area (Å²) in [4.78, 5) is 0. The lowest BCUT2D eigenvalue weighted by Gasteiger charge is -2.14. The lowest BCUT2D eigenvalue weighted by Crippen LogP contribution is -2.00. The number of hydrogen-bond acceptors (Lipinski definition) is 4. The molecule has 0 bridgehead atoms. The molecular weight excluding hydrogens is 218 g/mol. The van der Waals surface area contributed by atoms with Gasteiger partial charge in [-0.15, -0.1) is 0 Å². The molecule has 4 heteroatoms. The third-order valence-corrected chi connectivity index (χ3v) is 2.41. The van der Waals surface area contributed by atoms with Gasteiger partial charge in [0.05, 0.1) is 20.8 Å². The molecular formula is C13H19NO3. The fourth-order valence-corrected chi connectivity index (χ4v) is 1.65. The number of hydrogen-bond donors (Lipinski definition) is 1. The highest BCUT2D eigenvalue weighted by Gasteiger charge is 2.13. The summed E-state index contributed by atoms with van der Waals surface area (Å²) >= 11 is 0. The van der Waals surface area contributed by atoms with Gasteiger partial charge in [-0.05, 0) is 11.6 Å². The van der Waals surface area contributed by atoms with Crippen LogP contribution in [0.5, 0.6) is 11.5 Å². The monoisotopic (exact) mass is 237 g/mol. The fraction of sp³-hybridized carbons (Fsp3) is 0.385. The van der Waals surface area contributed by atoms with Gasteiger partial charge in [-0.2, -0.15) is 0 Å². The van der Waals surface area contributed by atoms with Crippen LogP contribution in [0.4, 0.5) is 0 Å². The fourth-order valence-electron chi connectivity index (χ4n) is 1.65. The molecule has 1 aromatic carbocycles. The van der Waals surface area contributed by atoms with Crippen molar-refractivity contribution in [2.45, 2.75) is 6.61 Å². The molecule has 1 rings (SSSR count). The average molecular weight is 237 g/mol. The number of rotatable bonds is 6. The van der Waals surface area contributed by atoms with Gasteiger partial charge < -0.3 is 19.9 Å². The Morgan fingerprint density at radius 3 is 2.47 bits per heavy atom. The number of methoxy groups -OCH3 is 3. The van der Waals surface area contributed by atoms with Crippen LogP contribution in [-0.2, 0) is 11.3 Å². The predicted octanol–water partition coefficient (Wildman–Crippen LogP) is 1.82. The molecule has 0 aliphatic heterocycles. The minimum absolute atomic E-state index is 0.463. The highest BCUT2D eigenvalue weighted by molar-refractivity contribution is 5.62. The molecule has 94 valence electrons. The van der Waals surface area contributed by atoms with E-state index in [9.17, 15) is 0 Å². The third kappa shape index (κ3) is 3.22. The van der Waals surface area contributed by atoms with Crippen LogP contribution in [-0.4, -0.2) is 27.9 Å². The molecule has 0 radical (unpaired) electrons.